The third-order valence-corrected chi connectivity index (χ3v) is 2.82. The van der Waals surface area contributed by atoms with Crippen LogP contribution in [0.3, 0.4) is 0 Å². The third-order valence-electron chi connectivity index (χ3n) is 2.82. The topological polar surface area (TPSA) is 107 Å². The Balaban J connectivity index is 2.18. The van der Waals surface area contributed by atoms with Gasteiger partial charge in [-0.15, -0.1) is 0 Å². The molecule has 0 radical (unpaired) electrons. The number of nitrogens with zero attached hydrogens (tertiary/aromatic N) is 3. The Kier molecular flexibility index (Phi) is 3.88. The van der Waals surface area contributed by atoms with Crippen LogP contribution >= 0.6 is 0 Å². The molecule has 0 atom stereocenters. The Hall–Kier alpha value is -2.90. The van der Waals surface area contributed by atoms with Crippen molar-refractivity contribution in [1.29, 1.82) is 0 Å². The molecule has 2 rings (SSSR count). The van der Waals surface area contributed by atoms with Crippen LogP contribution in [-0.2, 0) is 6.73 Å². The summed E-state index contributed by atoms with van der Waals surface area (Å²) in [5, 5.41) is 23.3. The van der Waals surface area contributed by atoms with Gasteiger partial charge in [0.2, 0.25) is 5.69 Å². The molecule has 8 heteroatoms. The zero-order chi connectivity index (χ0) is 15.6. The van der Waals surface area contributed by atoms with Crippen LogP contribution in [0, 0.1) is 24.0 Å². The van der Waals surface area contributed by atoms with Crippen molar-refractivity contribution < 1.29 is 19.6 Å². The van der Waals surface area contributed by atoms with Gasteiger partial charge >= 0.3 is 11.7 Å². The first-order chi connectivity index (χ1) is 9.88. The van der Waals surface area contributed by atoms with E-state index in [0.29, 0.717) is 5.75 Å². The number of aromatic carboxylic acids is 1. The number of aryl methyl sites for hydroxylation is 2. The SMILES string of the molecule is Cc1ccc(OCn2cc([N+](=O)[O-])c(C(=O)O)n2)c(C)c1. The second-order valence-corrected chi connectivity index (χ2v) is 4.51. The highest BCUT2D eigenvalue weighted by Gasteiger charge is 2.25. The number of benzene rings is 1. The molecule has 0 saturated carbocycles. The van der Waals surface area contributed by atoms with Crippen LogP contribution in [0.4, 0.5) is 5.69 Å². The number of ether oxygens (including phenoxy) is 1. The van der Waals surface area contributed by atoms with E-state index in [4.69, 9.17) is 9.84 Å². The summed E-state index contributed by atoms with van der Waals surface area (Å²) >= 11 is 0. The fourth-order valence-electron chi connectivity index (χ4n) is 1.86. The number of rotatable bonds is 5. The standard InChI is InChI=1S/C13H13N3O5/c1-8-3-4-11(9(2)5-8)21-7-15-6-10(16(19)20)12(14-15)13(17)18/h3-6H,7H2,1-2H3,(H,17,18). The fourth-order valence-corrected chi connectivity index (χ4v) is 1.86. The van der Waals surface area contributed by atoms with Crippen LogP contribution in [0.2, 0.25) is 0 Å². The Bertz CT molecular complexity index is 676. The maximum Gasteiger partial charge on any atom is 0.363 e. The van der Waals surface area contributed by atoms with E-state index in [2.05, 4.69) is 5.10 Å². The summed E-state index contributed by atoms with van der Waals surface area (Å²) in [5.74, 6) is -0.845. The van der Waals surface area contributed by atoms with Crippen molar-refractivity contribution >= 4 is 11.7 Å². The van der Waals surface area contributed by atoms with E-state index in [9.17, 15) is 14.9 Å². The van der Waals surface area contributed by atoms with E-state index < -0.39 is 22.3 Å². The summed E-state index contributed by atoms with van der Waals surface area (Å²) in [6.07, 6.45) is 1.03. The molecule has 2 aromatic rings. The maximum atomic E-state index is 10.9. The van der Waals surface area contributed by atoms with E-state index >= 15 is 0 Å². The molecule has 0 unspecified atom stereocenters. The third kappa shape index (κ3) is 3.16. The van der Waals surface area contributed by atoms with Gasteiger partial charge in [-0.1, -0.05) is 17.7 Å². The summed E-state index contributed by atoms with van der Waals surface area (Å²) in [6.45, 7) is 3.71. The number of hydrogen-bond donors (Lipinski definition) is 1. The van der Waals surface area contributed by atoms with Crippen molar-refractivity contribution in [2.45, 2.75) is 20.6 Å². The number of carbonyl (C=O) groups is 1. The van der Waals surface area contributed by atoms with E-state index in [-0.39, 0.29) is 6.73 Å². The Morgan fingerprint density at radius 3 is 2.71 bits per heavy atom. The van der Waals surface area contributed by atoms with Crippen molar-refractivity contribution in [3.05, 3.63) is 51.3 Å². The van der Waals surface area contributed by atoms with Crippen LogP contribution in [0.15, 0.2) is 24.4 Å². The largest absolute Gasteiger partial charge is 0.476 e. The minimum absolute atomic E-state index is 0.113. The highest BCUT2D eigenvalue weighted by molar-refractivity contribution is 5.89. The van der Waals surface area contributed by atoms with Crippen molar-refractivity contribution in [2.75, 3.05) is 0 Å². The van der Waals surface area contributed by atoms with Crippen LogP contribution in [0.1, 0.15) is 21.6 Å². The molecule has 1 aromatic carbocycles. The first kappa shape index (κ1) is 14.5. The molecule has 0 amide bonds. The molecule has 110 valence electrons. The molecule has 1 N–H and O–H groups in total. The van der Waals surface area contributed by atoms with E-state index in [1.165, 1.54) is 0 Å². The van der Waals surface area contributed by atoms with E-state index in [1.807, 2.05) is 26.0 Å². The van der Waals surface area contributed by atoms with Crippen molar-refractivity contribution in [2.24, 2.45) is 0 Å². The van der Waals surface area contributed by atoms with Gasteiger partial charge in [0.1, 0.15) is 11.9 Å². The van der Waals surface area contributed by atoms with E-state index in [0.717, 1.165) is 22.0 Å². The number of hydrogen-bond acceptors (Lipinski definition) is 5. The molecule has 0 fully saturated rings. The summed E-state index contributed by atoms with van der Waals surface area (Å²) in [7, 11) is 0. The highest BCUT2D eigenvalue weighted by Crippen LogP contribution is 2.20. The number of aromatic nitrogens is 2. The summed E-state index contributed by atoms with van der Waals surface area (Å²) in [4.78, 5) is 20.9. The molecule has 1 aromatic heterocycles. The lowest BCUT2D eigenvalue weighted by atomic mass is 10.1. The lowest BCUT2D eigenvalue weighted by Crippen LogP contribution is -2.08. The van der Waals surface area contributed by atoms with Crippen molar-refractivity contribution in [3.63, 3.8) is 0 Å². The lowest BCUT2D eigenvalue weighted by molar-refractivity contribution is -0.385. The number of nitro groups is 1. The van der Waals surface area contributed by atoms with Crippen molar-refractivity contribution in [1.82, 2.24) is 9.78 Å². The van der Waals surface area contributed by atoms with Crippen LogP contribution in [-0.4, -0.2) is 25.8 Å². The minimum atomic E-state index is -1.45. The van der Waals surface area contributed by atoms with Crippen LogP contribution in [0.5, 0.6) is 5.75 Å². The average Bonchev–Trinajstić information content (AvgIpc) is 2.82. The second-order valence-electron chi connectivity index (χ2n) is 4.51. The predicted molar refractivity (Wildman–Crippen MR) is 72.4 cm³/mol. The summed E-state index contributed by atoms with van der Waals surface area (Å²) in [5.41, 5.74) is 0.828. The molecule has 8 nitrogen and oxygen atoms in total. The monoisotopic (exact) mass is 291 g/mol. The smallest absolute Gasteiger partial charge is 0.363 e. The zero-order valence-electron chi connectivity index (χ0n) is 11.4. The fraction of sp³-hybridized carbons (Fsp3) is 0.231. The first-order valence-electron chi connectivity index (χ1n) is 6.03. The maximum absolute atomic E-state index is 10.9. The highest BCUT2D eigenvalue weighted by atomic mass is 16.6. The molecule has 0 aliphatic carbocycles. The molecule has 0 aliphatic rings. The minimum Gasteiger partial charge on any atom is -0.476 e. The quantitative estimate of drug-likeness (QED) is 0.668. The van der Waals surface area contributed by atoms with Gasteiger partial charge in [-0.3, -0.25) is 10.1 Å². The van der Waals surface area contributed by atoms with Gasteiger partial charge in [0, 0.05) is 0 Å². The molecule has 1 heterocycles. The second kappa shape index (κ2) is 5.61. The van der Waals surface area contributed by atoms with Gasteiger partial charge in [0.05, 0.1) is 4.92 Å². The average molecular weight is 291 g/mol. The molecule has 0 bridgehead atoms. The molecule has 0 saturated heterocycles. The number of carboxylic acid groups (broad SMARTS) is 1. The van der Waals surface area contributed by atoms with E-state index in [1.54, 1.807) is 6.07 Å². The van der Waals surface area contributed by atoms with Gasteiger partial charge in [-0.05, 0) is 25.5 Å². The van der Waals surface area contributed by atoms with Gasteiger partial charge in [-0.2, -0.15) is 5.10 Å². The number of carboxylic acids is 1. The van der Waals surface area contributed by atoms with Crippen LogP contribution in [0.25, 0.3) is 0 Å². The first-order valence-corrected chi connectivity index (χ1v) is 6.03. The predicted octanol–water partition coefficient (Wildman–Crippen LogP) is 2.14. The van der Waals surface area contributed by atoms with Crippen LogP contribution < -0.4 is 4.74 Å². The lowest BCUT2D eigenvalue weighted by Gasteiger charge is -2.09. The molecular weight excluding hydrogens is 278 g/mol. The Morgan fingerprint density at radius 2 is 2.19 bits per heavy atom. The molecule has 0 aliphatic heterocycles. The van der Waals surface area contributed by atoms with Gasteiger partial charge in [-0.25, -0.2) is 9.48 Å². The normalized spacial score (nSPS) is 10.4. The van der Waals surface area contributed by atoms with Gasteiger partial charge in [0.15, 0.2) is 6.73 Å². The zero-order valence-corrected chi connectivity index (χ0v) is 11.4. The molecule has 21 heavy (non-hydrogen) atoms. The molecular formula is C13H13N3O5. The Morgan fingerprint density at radius 1 is 1.48 bits per heavy atom. The summed E-state index contributed by atoms with van der Waals surface area (Å²) in [6, 6.07) is 5.58. The van der Waals surface area contributed by atoms with Gasteiger partial charge < -0.3 is 9.84 Å². The Labute approximate surface area is 119 Å². The molecule has 0 spiro atoms. The van der Waals surface area contributed by atoms with Gasteiger partial charge in [0.25, 0.3) is 0 Å². The summed E-state index contributed by atoms with van der Waals surface area (Å²) < 4.78 is 6.57. The van der Waals surface area contributed by atoms with Crippen molar-refractivity contribution in [3.8, 4) is 5.75 Å².